The zero-order valence-corrected chi connectivity index (χ0v) is 17.5. The highest BCUT2D eigenvalue weighted by molar-refractivity contribution is 7.89. The van der Waals surface area contributed by atoms with Gasteiger partial charge in [-0.3, -0.25) is 14.2 Å². The summed E-state index contributed by atoms with van der Waals surface area (Å²) in [5, 5.41) is 0.912. The second-order valence-electron chi connectivity index (χ2n) is 6.93. The van der Waals surface area contributed by atoms with Gasteiger partial charge in [-0.05, 0) is 36.4 Å². The van der Waals surface area contributed by atoms with Crippen LogP contribution in [0.3, 0.4) is 0 Å². The minimum atomic E-state index is -3.65. The van der Waals surface area contributed by atoms with Crippen LogP contribution in [-0.4, -0.2) is 59.3 Å². The normalized spacial score (nSPS) is 15.4. The van der Waals surface area contributed by atoms with Crippen molar-refractivity contribution in [1.82, 2.24) is 18.8 Å². The fourth-order valence-electron chi connectivity index (χ4n) is 3.40. The summed E-state index contributed by atoms with van der Waals surface area (Å²) in [4.78, 5) is 31.2. The minimum Gasteiger partial charge on any atom is -0.338 e. The number of hydrogen-bond acceptors (Lipinski definition) is 5. The van der Waals surface area contributed by atoms with Crippen molar-refractivity contribution in [2.45, 2.75) is 11.4 Å². The molecular formula is C20H19ClN4O4S. The van der Waals surface area contributed by atoms with Gasteiger partial charge in [-0.15, -0.1) is 0 Å². The van der Waals surface area contributed by atoms with Gasteiger partial charge >= 0.3 is 0 Å². The smallest absolute Gasteiger partial charge is 0.261 e. The van der Waals surface area contributed by atoms with E-state index in [0.29, 0.717) is 15.9 Å². The van der Waals surface area contributed by atoms with Crippen molar-refractivity contribution in [2.24, 2.45) is 0 Å². The van der Waals surface area contributed by atoms with E-state index in [0.717, 1.165) is 0 Å². The third-order valence-corrected chi connectivity index (χ3v) is 7.24. The van der Waals surface area contributed by atoms with Gasteiger partial charge in [-0.25, -0.2) is 13.4 Å². The van der Waals surface area contributed by atoms with Crippen LogP contribution < -0.4 is 5.56 Å². The second-order valence-corrected chi connectivity index (χ2v) is 9.31. The van der Waals surface area contributed by atoms with Gasteiger partial charge in [0.1, 0.15) is 6.54 Å². The molecule has 0 spiro atoms. The molecule has 0 saturated carbocycles. The molecular weight excluding hydrogens is 428 g/mol. The summed E-state index contributed by atoms with van der Waals surface area (Å²) in [6.45, 7) is 0.729. The molecule has 1 amide bonds. The standard InChI is InChI=1S/C20H19ClN4O4S/c21-15-5-7-16(8-6-15)30(28,29)25-11-9-23(10-12-25)19(26)13-24-14-22-18-4-2-1-3-17(18)20(24)27/h1-8,14H,9-13H2. The van der Waals surface area contributed by atoms with Crippen molar-refractivity contribution >= 4 is 38.4 Å². The van der Waals surface area contributed by atoms with Gasteiger partial charge in [0.05, 0.1) is 22.1 Å². The Balaban J connectivity index is 1.43. The Kier molecular flexibility index (Phi) is 5.59. The summed E-state index contributed by atoms with van der Waals surface area (Å²) >= 11 is 5.83. The molecule has 2 aromatic carbocycles. The quantitative estimate of drug-likeness (QED) is 0.606. The molecule has 0 radical (unpaired) electrons. The number of piperazine rings is 1. The van der Waals surface area contributed by atoms with E-state index >= 15 is 0 Å². The van der Waals surface area contributed by atoms with Crippen LogP contribution in [0.25, 0.3) is 10.9 Å². The maximum Gasteiger partial charge on any atom is 0.261 e. The number of para-hydroxylation sites is 1. The molecule has 30 heavy (non-hydrogen) atoms. The molecule has 2 heterocycles. The molecule has 1 aromatic heterocycles. The van der Waals surface area contributed by atoms with Crippen molar-refractivity contribution in [3.63, 3.8) is 0 Å². The fraction of sp³-hybridized carbons (Fsp3) is 0.250. The molecule has 1 aliphatic rings. The Morgan fingerprint density at radius 3 is 2.37 bits per heavy atom. The Bertz CT molecular complexity index is 1250. The number of carbonyl (C=O) groups is 1. The Morgan fingerprint density at radius 2 is 1.67 bits per heavy atom. The SMILES string of the molecule is O=C(Cn1cnc2ccccc2c1=O)N1CCN(S(=O)(=O)c2ccc(Cl)cc2)CC1. The lowest BCUT2D eigenvalue weighted by atomic mass is 10.2. The van der Waals surface area contributed by atoms with Gasteiger partial charge in [-0.1, -0.05) is 23.7 Å². The van der Waals surface area contributed by atoms with E-state index in [1.54, 1.807) is 29.2 Å². The van der Waals surface area contributed by atoms with E-state index in [4.69, 9.17) is 11.6 Å². The van der Waals surface area contributed by atoms with Crippen LogP contribution in [-0.2, 0) is 21.4 Å². The van der Waals surface area contributed by atoms with Gasteiger partial charge in [-0.2, -0.15) is 4.31 Å². The zero-order chi connectivity index (χ0) is 21.3. The van der Waals surface area contributed by atoms with Crippen LogP contribution >= 0.6 is 11.6 Å². The van der Waals surface area contributed by atoms with E-state index in [-0.39, 0.29) is 49.1 Å². The number of fused-ring (bicyclic) bond motifs is 1. The minimum absolute atomic E-state index is 0.138. The third-order valence-electron chi connectivity index (χ3n) is 5.08. The molecule has 10 heteroatoms. The van der Waals surface area contributed by atoms with Crippen molar-refractivity contribution in [1.29, 1.82) is 0 Å². The molecule has 3 aromatic rings. The number of aromatic nitrogens is 2. The van der Waals surface area contributed by atoms with E-state index in [9.17, 15) is 18.0 Å². The fourth-order valence-corrected chi connectivity index (χ4v) is 4.95. The first-order chi connectivity index (χ1) is 14.4. The van der Waals surface area contributed by atoms with Gasteiger partial charge in [0.25, 0.3) is 5.56 Å². The number of amides is 1. The highest BCUT2D eigenvalue weighted by atomic mass is 35.5. The molecule has 0 atom stereocenters. The lowest BCUT2D eigenvalue weighted by Crippen LogP contribution is -2.51. The number of nitrogens with zero attached hydrogens (tertiary/aromatic N) is 4. The van der Waals surface area contributed by atoms with Crippen LogP contribution in [0.2, 0.25) is 5.02 Å². The van der Waals surface area contributed by atoms with Gasteiger partial charge in [0, 0.05) is 31.2 Å². The first-order valence-corrected chi connectivity index (χ1v) is 11.2. The molecule has 156 valence electrons. The molecule has 8 nitrogen and oxygen atoms in total. The predicted octanol–water partition coefficient (Wildman–Crippen LogP) is 1.58. The van der Waals surface area contributed by atoms with Crippen LogP contribution in [0.15, 0.2) is 64.5 Å². The maximum absolute atomic E-state index is 12.8. The Hall–Kier alpha value is -2.75. The van der Waals surface area contributed by atoms with E-state index in [1.165, 1.54) is 39.5 Å². The topological polar surface area (TPSA) is 92.6 Å². The van der Waals surface area contributed by atoms with Crippen LogP contribution in [0.5, 0.6) is 0 Å². The van der Waals surface area contributed by atoms with Gasteiger partial charge < -0.3 is 4.90 Å². The summed E-state index contributed by atoms with van der Waals surface area (Å²) in [6.07, 6.45) is 1.36. The lowest BCUT2D eigenvalue weighted by molar-refractivity contribution is -0.133. The molecule has 4 rings (SSSR count). The largest absolute Gasteiger partial charge is 0.338 e. The molecule has 0 aliphatic carbocycles. The number of sulfonamides is 1. The average molecular weight is 447 g/mol. The van der Waals surface area contributed by atoms with E-state index < -0.39 is 10.0 Å². The van der Waals surface area contributed by atoms with Gasteiger partial charge in [0.2, 0.25) is 15.9 Å². The van der Waals surface area contributed by atoms with Crippen LogP contribution in [0.1, 0.15) is 0 Å². The Morgan fingerprint density at radius 1 is 1.00 bits per heavy atom. The summed E-state index contributed by atoms with van der Waals surface area (Å²) in [5.41, 5.74) is 0.296. The molecule has 1 fully saturated rings. The monoisotopic (exact) mass is 446 g/mol. The maximum atomic E-state index is 12.8. The number of hydrogen-bond donors (Lipinski definition) is 0. The first-order valence-electron chi connectivity index (χ1n) is 9.34. The van der Waals surface area contributed by atoms with Gasteiger partial charge in [0.15, 0.2) is 0 Å². The summed E-state index contributed by atoms with van der Waals surface area (Å²) in [6, 6.07) is 12.9. The molecule has 0 bridgehead atoms. The highest BCUT2D eigenvalue weighted by Crippen LogP contribution is 2.20. The van der Waals surface area contributed by atoms with Crippen molar-refractivity contribution in [2.75, 3.05) is 26.2 Å². The van der Waals surface area contributed by atoms with Crippen molar-refractivity contribution < 1.29 is 13.2 Å². The third kappa shape index (κ3) is 3.96. The number of rotatable bonds is 4. The number of carbonyl (C=O) groups excluding carboxylic acids is 1. The van der Waals surface area contributed by atoms with Crippen molar-refractivity contribution in [3.05, 3.63) is 70.2 Å². The van der Waals surface area contributed by atoms with E-state index in [2.05, 4.69) is 4.98 Å². The van der Waals surface area contributed by atoms with Crippen molar-refractivity contribution in [3.8, 4) is 0 Å². The highest BCUT2D eigenvalue weighted by Gasteiger charge is 2.30. The predicted molar refractivity (Wildman–Crippen MR) is 113 cm³/mol. The summed E-state index contributed by atoms with van der Waals surface area (Å²) in [7, 11) is -3.65. The molecule has 1 saturated heterocycles. The molecule has 0 N–H and O–H groups in total. The van der Waals surface area contributed by atoms with E-state index in [1.807, 2.05) is 0 Å². The Labute approximate surface area is 178 Å². The lowest BCUT2D eigenvalue weighted by Gasteiger charge is -2.34. The molecule has 0 unspecified atom stereocenters. The average Bonchev–Trinajstić information content (AvgIpc) is 2.76. The second kappa shape index (κ2) is 8.17. The number of benzene rings is 2. The summed E-state index contributed by atoms with van der Waals surface area (Å²) in [5.74, 6) is -0.252. The first kappa shape index (κ1) is 20.5. The number of halogens is 1. The summed E-state index contributed by atoms with van der Waals surface area (Å²) < 4.78 is 28.2. The zero-order valence-electron chi connectivity index (χ0n) is 15.9. The molecule has 1 aliphatic heterocycles. The van der Waals surface area contributed by atoms with Crippen LogP contribution in [0.4, 0.5) is 0 Å². The van der Waals surface area contributed by atoms with Crippen LogP contribution in [0, 0.1) is 0 Å².